The van der Waals surface area contributed by atoms with Crippen LogP contribution in [0.15, 0.2) is 29.5 Å². The van der Waals surface area contributed by atoms with Crippen LogP contribution in [0.25, 0.3) is 0 Å². The zero-order chi connectivity index (χ0) is 24.8. The van der Waals surface area contributed by atoms with Crippen LogP contribution in [0.5, 0.6) is 11.5 Å². The van der Waals surface area contributed by atoms with Crippen LogP contribution in [0.3, 0.4) is 0 Å². The first-order chi connectivity index (χ1) is 15.3. The molecule has 33 heavy (non-hydrogen) atoms. The monoisotopic (exact) mass is 468 g/mol. The first kappa shape index (κ1) is 24.6. The van der Waals surface area contributed by atoms with Crippen molar-refractivity contribution in [2.24, 2.45) is 5.41 Å². The summed E-state index contributed by atoms with van der Waals surface area (Å²) < 4.78 is 53.7. The number of hydrogen-bond acceptors (Lipinski definition) is 5. The summed E-state index contributed by atoms with van der Waals surface area (Å²) in [6, 6.07) is 5.06. The molecule has 7 nitrogen and oxygen atoms in total. The number of methoxy groups -OCH3 is 2. The van der Waals surface area contributed by atoms with Crippen molar-refractivity contribution in [2.75, 3.05) is 20.8 Å². The summed E-state index contributed by atoms with van der Waals surface area (Å²) in [5.41, 5.74) is -3.95. The van der Waals surface area contributed by atoms with Crippen LogP contribution < -0.4 is 14.8 Å². The molecule has 1 atom stereocenters. The maximum atomic E-state index is 14.4. The van der Waals surface area contributed by atoms with E-state index < -0.39 is 40.3 Å². The third-order valence-electron chi connectivity index (χ3n) is 5.98. The van der Waals surface area contributed by atoms with Gasteiger partial charge in [-0.15, -0.1) is 0 Å². The number of carbonyl (C=O) groups is 3. The summed E-state index contributed by atoms with van der Waals surface area (Å²) in [5, 5.41) is 1.79. The summed E-state index contributed by atoms with van der Waals surface area (Å²) in [5.74, 6) is -2.26. The molecule has 1 unspecified atom stereocenters. The minimum Gasteiger partial charge on any atom is -0.493 e. The Kier molecular flexibility index (Phi) is 6.25. The molecule has 1 heterocycles. The molecule has 1 aliphatic carbocycles. The van der Waals surface area contributed by atoms with Crippen molar-refractivity contribution in [1.29, 1.82) is 0 Å². The molecular formula is C23H27F3N2O5. The topological polar surface area (TPSA) is 84.9 Å². The van der Waals surface area contributed by atoms with Gasteiger partial charge in [0.2, 0.25) is 11.4 Å². The standard InChI is InChI=1S/C23H27F3N2O5/c1-13(29)27-22(23(24,25)26)19-15(11-21(2,3)12-16(19)30)28(20(22)31)9-8-14-6-7-17(32-4)18(10-14)33-5/h6-7,10H,8-9,11-12H2,1-5H3,(H,27,29). The van der Waals surface area contributed by atoms with E-state index in [0.29, 0.717) is 17.1 Å². The predicted molar refractivity (Wildman–Crippen MR) is 113 cm³/mol. The fourth-order valence-electron chi connectivity index (χ4n) is 4.60. The van der Waals surface area contributed by atoms with Gasteiger partial charge in [-0.25, -0.2) is 0 Å². The Morgan fingerprint density at radius 3 is 2.30 bits per heavy atom. The smallest absolute Gasteiger partial charge is 0.425 e. The number of carbonyl (C=O) groups excluding carboxylic acids is 3. The summed E-state index contributed by atoms with van der Waals surface area (Å²) in [6.45, 7) is 4.31. The number of rotatable bonds is 6. The minimum absolute atomic E-state index is 0.0211. The zero-order valence-electron chi connectivity index (χ0n) is 19.2. The molecule has 1 aromatic rings. The van der Waals surface area contributed by atoms with Crippen molar-refractivity contribution in [1.82, 2.24) is 10.2 Å². The molecule has 1 aliphatic heterocycles. The molecule has 0 saturated heterocycles. The number of nitrogens with zero attached hydrogens (tertiary/aromatic N) is 1. The van der Waals surface area contributed by atoms with Gasteiger partial charge in [-0.1, -0.05) is 19.9 Å². The summed E-state index contributed by atoms with van der Waals surface area (Å²) in [6.07, 6.45) is -5.04. The highest BCUT2D eigenvalue weighted by molar-refractivity contribution is 6.13. The number of amides is 2. The highest BCUT2D eigenvalue weighted by Crippen LogP contribution is 2.51. The van der Waals surface area contributed by atoms with E-state index in [0.717, 1.165) is 11.8 Å². The van der Waals surface area contributed by atoms with E-state index in [1.54, 1.807) is 37.4 Å². The Bertz CT molecular complexity index is 1030. The van der Waals surface area contributed by atoms with E-state index in [2.05, 4.69) is 0 Å². The molecule has 10 heteroatoms. The molecule has 1 N–H and O–H groups in total. The second-order valence-electron chi connectivity index (χ2n) is 9.09. The molecule has 180 valence electrons. The first-order valence-corrected chi connectivity index (χ1v) is 10.4. The Labute approximate surface area is 189 Å². The quantitative estimate of drug-likeness (QED) is 0.693. The average Bonchev–Trinajstić information content (AvgIpc) is 2.93. The molecule has 0 spiro atoms. The van der Waals surface area contributed by atoms with Crippen LogP contribution >= 0.6 is 0 Å². The number of hydrogen-bond donors (Lipinski definition) is 1. The predicted octanol–water partition coefficient (Wildman–Crippen LogP) is 3.17. The number of nitrogens with one attached hydrogen (secondary N) is 1. The van der Waals surface area contributed by atoms with E-state index in [1.165, 1.54) is 14.2 Å². The highest BCUT2D eigenvalue weighted by Gasteiger charge is 2.71. The van der Waals surface area contributed by atoms with E-state index >= 15 is 0 Å². The molecule has 0 bridgehead atoms. The van der Waals surface area contributed by atoms with Crippen LogP contribution in [-0.2, 0) is 20.8 Å². The Hall–Kier alpha value is -3.04. The van der Waals surface area contributed by atoms with E-state index in [4.69, 9.17) is 9.47 Å². The van der Waals surface area contributed by atoms with E-state index in [1.807, 2.05) is 0 Å². The minimum atomic E-state index is -5.19. The van der Waals surface area contributed by atoms with Crippen molar-refractivity contribution >= 4 is 17.6 Å². The normalized spacial score (nSPS) is 22.4. The van der Waals surface area contributed by atoms with Crippen LogP contribution in [0.1, 0.15) is 39.2 Å². The van der Waals surface area contributed by atoms with Gasteiger partial charge in [0.05, 0.1) is 19.8 Å². The molecule has 2 aliphatic rings. The van der Waals surface area contributed by atoms with E-state index in [9.17, 15) is 27.6 Å². The van der Waals surface area contributed by atoms with Crippen LogP contribution in [0.4, 0.5) is 13.2 Å². The number of ether oxygens (including phenoxy) is 2. The van der Waals surface area contributed by atoms with Gasteiger partial charge in [0.1, 0.15) is 0 Å². The summed E-state index contributed by atoms with van der Waals surface area (Å²) >= 11 is 0. The maximum absolute atomic E-state index is 14.4. The molecule has 0 aromatic heterocycles. The largest absolute Gasteiger partial charge is 0.493 e. The molecule has 3 rings (SSSR count). The van der Waals surface area contributed by atoms with Gasteiger partial charge in [-0.2, -0.15) is 13.2 Å². The fraction of sp³-hybridized carbons (Fsp3) is 0.522. The van der Waals surface area contributed by atoms with Crippen molar-refractivity contribution < 1.29 is 37.0 Å². The lowest BCUT2D eigenvalue weighted by atomic mass is 9.72. The van der Waals surface area contributed by atoms with Gasteiger partial charge in [0, 0.05) is 25.6 Å². The second kappa shape index (κ2) is 8.39. The number of Topliss-reactive ketones (excluding diaryl/α,β-unsaturated/α-hetero) is 1. The number of halogens is 3. The third kappa shape index (κ3) is 4.18. The second-order valence-corrected chi connectivity index (χ2v) is 9.09. The lowest BCUT2D eigenvalue weighted by Crippen LogP contribution is -2.66. The number of ketones is 1. The van der Waals surface area contributed by atoms with Crippen molar-refractivity contribution in [3.63, 3.8) is 0 Å². The van der Waals surface area contributed by atoms with Crippen LogP contribution in [-0.4, -0.2) is 55.0 Å². The van der Waals surface area contributed by atoms with Gasteiger partial charge in [-0.3, -0.25) is 14.4 Å². The maximum Gasteiger partial charge on any atom is 0.425 e. The third-order valence-corrected chi connectivity index (χ3v) is 5.98. The zero-order valence-corrected chi connectivity index (χ0v) is 19.2. The Morgan fingerprint density at radius 2 is 1.76 bits per heavy atom. The van der Waals surface area contributed by atoms with Gasteiger partial charge >= 0.3 is 6.18 Å². The number of alkyl halides is 3. The average molecular weight is 468 g/mol. The van der Waals surface area contributed by atoms with Crippen LogP contribution in [0, 0.1) is 5.41 Å². The lowest BCUT2D eigenvalue weighted by Gasteiger charge is -2.35. The van der Waals surface area contributed by atoms with Crippen molar-refractivity contribution in [3.05, 3.63) is 35.0 Å². The molecule has 1 aromatic carbocycles. The molecule has 0 fully saturated rings. The molecular weight excluding hydrogens is 441 g/mol. The first-order valence-electron chi connectivity index (χ1n) is 10.4. The Balaban J connectivity index is 2.06. The van der Waals surface area contributed by atoms with E-state index in [-0.39, 0.29) is 31.5 Å². The molecule has 2 amide bonds. The van der Waals surface area contributed by atoms with Crippen molar-refractivity contribution in [2.45, 2.75) is 51.7 Å². The number of allylic oxidation sites excluding steroid dienone is 1. The number of benzene rings is 1. The fourth-order valence-corrected chi connectivity index (χ4v) is 4.60. The van der Waals surface area contributed by atoms with Gasteiger partial charge < -0.3 is 19.7 Å². The summed E-state index contributed by atoms with van der Waals surface area (Å²) in [7, 11) is 2.94. The van der Waals surface area contributed by atoms with Gasteiger partial charge in [0.25, 0.3) is 5.91 Å². The van der Waals surface area contributed by atoms with Gasteiger partial charge in [-0.05, 0) is 36.0 Å². The lowest BCUT2D eigenvalue weighted by molar-refractivity contribution is -0.194. The Morgan fingerprint density at radius 1 is 1.12 bits per heavy atom. The highest BCUT2D eigenvalue weighted by atomic mass is 19.4. The van der Waals surface area contributed by atoms with Gasteiger partial charge in [0.15, 0.2) is 17.3 Å². The summed E-state index contributed by atoms with van der Waals surface area (Å²) in [4.78, 5) is 39.1. The molecule has 0 saturated carbocycles. The molecule has 0 radical (unpaired) electrons. The van der Waals surface area contributed by atoms with Crippen LogP contribution in [0.2, 0.25) is 0 Å². The SMILES string of the molecule is COc1ccc(CCN2C(=O)C(NC(C)=O)(C(F)(F)F)C3=C2CC(C)(C)CC3=O)cc1OC. The van der Waals surface area contributed by atoms with Crippen molar-refractivity contribution in [3.8, 4) is 11.5 Å².